The van der Waals surface area contributed by atoms with Gasteiger partial charge >= 0.3 is 5.97 Å². The molecule has 1 aromatic carbocycles. The highest BCUT2D eigenvalue weighted by atomic mass is 19.1. The van der Waals surface area contributed by atoms with Crippen molar-refractivity contribution < 1.29 is 19.0 Å². The van der Waals surface area contributed by atoms with E-state index in [0.717, 1.165) is 18.1 Å². The molecule has 0 aliphatic heterocycles. The number of halogens is 1. The van der Waals surface area contributed by atoms with Crippen molar-refractivity contribution in [3.63, 3.8) is 0 Å². The van der Waals surface area contributed by atoms with E-state index in [4.69, 9.17) is 4.74 Å². The van der Waals surface area contributed by atoms with Gasteiger partial charge in [0.05, 0.1) is 5.52 Å². The number of H-pyrrole nitrogens is 1. The highest BCUT2D eigenvalue weighted by molar-refractivity contribution is 5.84. The molecule has 0 atom stereocenters. The Labute approximate surface area is 135 Å². The van der Waals surface area contributed by atoms with Gasteiger partial charge in [-0.1, -0.05) is 12.1 Å². The first-order valence-electron chi connectivity index (χ1n) is 7.11. The fourth-order valence-electron chi connectivity index (χ4n) is 2.36. The fraction of sp³-hybridized carbons (Fsp3) is 0.118. The van der Waals surface area contributed by atoms with Crippen LogP contribution in [0.2, 0.25) is 0 Å². The second kappa shape index (κ2) is 6.11. The molecule has 2 heterocycles. The minimum Gasteiger partial charge on any atom is -0.503 e. The molecule has 0 aliphatic rings. The fourth-order valence-corrected chi connectivity index (χ4v) is 2.36. The molecule has 0 fully saturated rings. The van der Waals surface area contributed by atoms with Crippen molar-refractivity contribution in [2.45, 2.75) is 13.3 Å². The first-order valence-corrected chi connectivity index (χ1v) is 7.11. The summed E-state index contributed by atoms with van der Waals surface area (Å²) >= 11 is 0. The van der Waals surface area contributed by atoms with Gasteiger partial charge in [0.2, 0.25) is 5.75 Å². The summed E-state index contributed by atoms with van der Waals surface area (Å²) in [5, 5.41) is 10.1. The largest absolute Gasteiger partial charge is 0.503 e. The summed E-state index contributed by atoms with van der Waals surface area (Å²) < 4.78 is 17.6. The van der Waals surface area contributed by atoms with Crippen LogP contribution in [0.4, 0.5) is 4.39 Å². The van der Waals surface area contributed by atoms with Crippen LogP contribution in [0.5, 0.6) is 11.5 Å². The van der Waals surface area contributed by atoms with Crippen molar-refractivity contribution in [1.29, 1.82) is 0 Å². The van der Waals surface area contributed by atoms with Crippen LogP contribution in [-0.4, -0.2) is 21.0 Å². The average molecular weight is 328 g/mol. The number of hydrogen-bond donors (Lipinski definition) is 2. The molecule has 122 valence electrons. The molecule has 0 amide bonds. The second-order valence-electron chi connectivity index (χ2n) is 5.27. The van der Waals surface area contributed by atoms with Crippen molar-refractivity contribution >= 4 is 17.0 Å². The maximum Gasteiger partial charge on any atom is 0.308 e. The molecule has 0 spiro atoms. The van der Waals surface area contributed by atoms with Crippen LogP contribution in [0, 0.1) is 5.82 Å². The topological polar surface area (TPSA) is 92.3 Å². The van der Waals surface area contributed by atoms with Crippen molar-refractivity contribution in [2.75, 3.05) is 0 Å². The smallest absolute Gasteiger partial charge is 0.308 e. The van der Waals surface area contributed by atoms with Gasteiger partial charge < -0.3 is 14.8 Å². The van der Waals surface area contributed by atoms with Gasteiger partial charge in [-0.2, -0.15) is 0 Å². The van der Waals surface area contributed by atoms with Crippen LogP contribution in [0.3, 0.4) is 0 Å². The van der Waals surface area contributed by atoms with Crippen LogP contribution in [0.1, 0.15) is 18.1 Å². The number of fused-ring (bicyclic) bond motifs is 1. The Morgan fingerprint density at radius 1 is 1.29 bits per heavy atom. The zero-order valence-corrected chi connectivity index (χ0v) is 12.7. The Balaban J connectivity index is 2.01. The summed E-state index contributed by atoms with van der Waals surface area (Å²) in [5.74, 6) is -2.00. The Morgan fingerprint density at radius 3 is 2.67 bits per heavy atom. The van der Waals surface area contributed by atoms with Crippen LogP contribution in [0.25, 0.3) is 11.0 Å². The normalized spacial score (nSPS) is 10.8. The number of carbonyl (C=O) groups is 1. The molecule has 0 saturated heterocycles. The quantitative estimate of drug-likeness (QED) is 0.720. The monoisotopic (exact) mass is 328 g/mol. The number of hydrogen-bond acceptors (Lipinski definition) is 5. The van der Waals surface area contributed by atoms with Crippen LogP contribution < -0.4 is 10.3 Å². The molecule has 0 unspecified atom stereocenters. The van der Waals surface area contributed by atoms with E-state index < -0.39 is 23.0 Å². The minimum absolute atomic E-state index is 0.119. The average Bonchev–Trinajstić information content (AvgIpc) is 2.53. The molecule has 3 rings (SSSR count). The molecule has 0 saturated carbocycles. The molecule has 0 aliphatic carbocycles. The van der Waals surface area contributed by atoms with Gasteiger partial charge in [0.25, 0.3) is 5.56 Å². The summed E-state index contributed by atoms with van der Waals surface area (Å²) in [6.07, 6.45) is 2.01. The highest BCUT2D eigenvalue weighted by Gasteiger charge is 2.16. The molecule has 0 bridgehead atoms. The van der Waals surface area contributed by atoms with Crippen LogP contribution in [0.15, 0.2) is 41.3 Å². The van der Waals surface area contributed by atoms with E-state index in [0.29, 0.717) is 11.9 Å². The lowest BCUT2D eigenvalue weighted by Gasteiger charge is -2.08. The number of pyridine rings is 2. The number of nitrogens with zero attached hydrogens (tertiary/aromatic N) is 1. The van der Waals surface area contributed by atoms with Gasteiger partial charge in [-0.25, -0.2) is 4.39 Å². The first kappa shape index (κ1) is 15.7. The molecule has 7 heteroatoms. The van der Waals surface area contributed by atoms with Crippen LogP contribution >= 0.6 is 0 Å². The van der Waals surface area contributed by atoms with E-state index in [1.165, 1.54) is 18.3 Å². The van der Waals surface area contributed by atoms with Gasteiger partial charge in [-0.15, -0.1) is 0 Å². The maximum absolute atomic E-state index is 12.9. The van der Waals surface area contributed by atoms with E-state index in [9.17, 15) is 19.1 Å². The number of aromatic nitrogens is 2. The second-order valence-corrected chi connectivity index (χ2v) is 5.27. The van der Waals surface area contributed by atoms with E-state index in [1.54, 1.807) is 18.2 Å². The Morgan fingerprint density at radius 2 is 2.00 bits per heavy atom. The third-order valence-electron chi connectivity index (χ3n) is 3.41. The molecular formula is C17H13FN2O4. The number of aromatic hydroxyl groups is 1. The number of nitrogens with one attached hydrogen (secondary N) is 1. The SMILES string of the molecule is CC(=O)Oc1c(O)c2ncc(Cc3ccc(F)cc3)cc2[nH]c1=O. The van der Waals surface area contributed by atoms with Crippen molar-refractivity contribution in [2.24, 2.45) is 0 Å². The summed E-state index contributed by atoms with van der Waals surface area (Å²) in [5.41, 5.74) is 1.35. The van der Waals surface area contributed by atoms with Gasteiger partial charge in [0.1, 0.15) is 11.3 Å². The van der Waals surface area contributed by atoms with Crippen LogP contribution in [-0.2, 0) is 11.2 Å². The Kier molecular flexibility index (Phi) is 3.99. The Bertz CT molecular complexity index is 980. The van der Waals surface area contributed by atoms with Gasteiger partial charge in [0, 0.05) is 13.1 Å². The molecule has 24 heavy (non-hydrogen) atoms. The number of benzene rings is 1. The van der Waals surface area contributed by atoms with Gasteiger partial charge in [0.15, 0.2) is 5.75 Å². The van der Waals surface area contributed by atoms with Crippen molar-refractivity contribution in [3.8, 4) is 11.5 Å². The summed E-state index contributed by atoms with van der Waals surface area (Å²) in [6, 6.07) is 7.70. The molecule has 0 radical (unpaired) electrons. The number of esters is 1. The van der Waals surface area contributed by atoms with E-state index >= 15 is 0 Å². The zero-order valence-electron chi connectivity index (χ0n) is 12.7. The third kappa shape index (κ3) is 3.10. The van der Waals surface area contributed by atoms with E-state index in [-0.39, 0.29) is 11.3 Å². The lowest BCUT2D eigenvalue weighted by Crippen LogP contribution is -2.14. The zero-order chi connectivity index (χ0) is 17.3. The molecule has 6 nitrogen and oxygen atoms in total. The molecule has 2 N–H and O–H groups in total. The number of aromatic amines is 1. The van der Waals surface area contributed by atoms with E-state index in [2.05, 4.69) is 9.97 Å². The van der Waals surface area contributed by atoms with E-state index in [1.807, 2.05) is 0 Å². The number of ether oxygens (including phenoxy) is 1. The Hall–Kier alpha value is -3.22. The molecular weight excluding hydrogens is 315 g/mol. The predicted octanol–water partition coefficient (Wildman–Crippen LogP) is 2.28. The summed E-state index contributed by atoms with van der Waals surface area (Å²) in [4.78, 5) is 29.6. The molecule has 2 aromatic heterocycles. The first-order chi connectivity index (χ1) is 11.4. The van der Waals surface area contributed by atoms with Gasteiger partial charge in [-0.3, -0.25) is 14.6 Å². The minimum atomic E-state index is -0.726. The lowest BCUT2D eigenvalue weighted by atomic mass is 10.1. The number of carbonyl (C=O) groups excluding carboxylic acids is 1. The lowest BCUT2D eigenvalue weighted by molar-refractivity contribution is -0.132. The maximum atomic E-state index is 12.9. The summed E-state index contributed by atoms with van der Waals surface area (Å²) in [6.45, 7) is 1.13. The van der Waals surface area contributed by atoms with Crippen molar-refractivity contribution in [3.05, 3.63) is 63.8 Å². The standard InChI is InChI=1S/C17H13FN2O4/c1-9(21)24-16-15(22)14-13(20-17(16)23)7-11(8-19-14)6-10-2-4-12(18)5-3-10/h2-5,7-8H,6H2,1H3,(H2,20,22,23). The third-order valence-corrected chi connectivity index (χ3v) is 3.41. The van der Waals surface area contributed by atoms with Gasteiger partial charge in [-0.05, 0) is 35.7 Å². The summed E-state index contributed by atoms with van der Waals surface area (Å²) in [7, 11) is 0. The predicted molar refractivity (Wildman–Crippen MR) is 84.5 cm³/mol. The number of rotatable bonds is 3. The van der Waals surface area contributed by atoms with Crippen molar-refractivity contribution in [1.82, 2.24) is 9.97 Å². The highest BCUT2D eigenvalue weighted by Crippen LogP contribution is 2.29. The molecule has 3 aromatic rings.